The fourth-order valence-corrected chi connectivity index (χ4v) is 2.19. The Morgan fingerprint density at radius 2 is 1.24 bits per heavy atom. The predicted octanol–water partition coefficient (Wildman–Crippen LogP) is 3.59. The fraction of sp³-hybridized carbons (Fsp3) is 0.250. The van der Waals surface area contributed by atoms with E-state index in [1.165, 1.54) is 11.1 Å². The zero-order valence-electron chi connectivity index (χ0n) is 9.92. The molecule has 1 N–H and O–H groups in total. The van der Waals surface area contributed by atoms with Gasteiger partial charge in [0.15, 0.2) is 0 Å². The van der Waals surface area contributed by atoms with Gasteiger partial charge < -0.3 is 5.11 Å². The predicted molar refractivity (Wildman–Crippen MR) is 71.0 cm³/mol. The van der Waals surface area contributed by atoms with E-state index in [9.17, 15) is 0 Å². The normalized spacial score (nSPS) is 10.7. The van der Waals surface area contributed by atoms with Crippen LogP contribution in [0.1, 0.15) is 29.9 Å². The molecule has 0 aromatic heterocycles. The van der Waals surface area contributed by atoms with E-state index in [1.807, 2.05) is 12.1 Å². The van der Waals surface area contributed by atoms with E-state index < -0.39 is 0 Å². The third-order valence-corrected chi connectivity index (χ3v) is 3.05. The quantitative estimate of drug-likeness (QED) is 0.826. The fourth-order valence-electron chi connectivity index (χ4n) is 2.19. The van der Waals surface area contributed by atoms with Crippen molar-refractivity contribution < 1.29 is 5.11 Å². The molecule has 0 atom stereocenters. The van der Waals surface area contributed by atoms with Gasteiger partial charge in [-0.1, -0.05) is 60.7 Å². The first-order valence-electron chi connectivity index (χ1n) is 6.12. The van der Waals surface area contributed by atoms with Crippen molar-refractivity contribution in [3.8, 4) is 0 Å². The zero-order chi connectivity index (χ0) is 11.9. The first-order chi connectivity index (χ1) is 8.42. The summed E-state index contributed by atoms with van der Waals surface area (Å²) in [6.45, 7) is 0.260. The molecule has 2 rings (SSSR count). The van der Waals surface area contributed by atoms with Gasteiger partial charge in [0.05, 0.1) is 0 Å². The second-order valence-electron chi connectivity index (χ2n) is 4.24. The molecule has 2 aromatic rings. The Balaban J connectivity index is 2.26. The van der Waals surface area contributed by atoms with E-state index in [0.717, 1.165) is 12.8 Å². The lowest BCUT2D eigenvalue weighted by atomic mass is 9.88. The number of hydrogen-bond acceptors (Lipinski definition) is 1. The third kappa shape index (κ3) is 3.18. The number of aliphatic hydroxyl groups is 1. The zero-order valence-corrected chi connectivity index (χ0v) is 9.92. The molecule has 1 nitrogen and oxygen atoms in total. The minimum absolute atomic E-state index is 0.260. The van der Waals surface area contributed by atoms with Gasteiger partial charge in [-0.3, -0.25) is 0 Å². The lowest BCUT2D eigenvalue weighted by Gasteiger charge is -2.17. The van der Waals surface area contributed by atoms with Crippen molar-refractivity contribution in [2.75, 3.05) is 6.61 Å². The topological polar surface area (TPSA) is 20.2 Å². The highest BCUT2D eigenvalue weighted by molar-refractivity contribution is 5.32. The summed E-state index contributed by atoms with van der Waals surface area (Å²) >= 11 is 0. The van der Waals surface area contributed by atoms with Gasteiger partial charge in [-0.05, 0) is 24.0 Å². The summed E-state index contributed by atoms with van der Waals surface area (Å²) in [5, 5.41) is 9.01. The highest BCUT2D eigenvalue weighted by Crippen LogP contribution is 2.28. The van der Waals surface area contributed by atoms with E-state index in [1.54, 1.807) is 0 Å². The van der Waals surface area contributed by atoms with Crippen molar-refractivity contribution in [1.82, 2.24) is 0 Å². The Hall–Kier alpha value is -1.60. The third-order valence-electron chi connectivity index (χ3n) is 3.05. The standard InChI is InChI=1S/C16H18O/c17-13-7-12-16(14-8-3-1-4-9-14)15-10-5-2-6-11-15/h1-6,8-11,16-17H,7,12-13H2. The maximum Gasteiger partial charge on any atom is 0.0431 e. The summed E-state index contributed by atoms with van der Waals surface area (Å²) in [7, 11) is 0. The molecule has 0 unspecified atom stereocenters. The summed E-state index contributed by atoms with van der Waals surface area (Å²) in [4.78, 5) is 0. The van der Waals surface area contributed by atoms with Crippen LogP contribution in [0.25, 0.3) is 0 Å². The number of hydrogen-bond donors (Lipinski definition) is 1. The van der Waals surface area contributed by atoms with Crippen LogP contribution in [0.5, 0.6) is 0 Å². The largest absolute Gasteiger partial charge is 0.396 e. The van der Waals surface area contributed by atoms with Crippen LogP contribution in [0.2, 0.25) is 0 Å². The summed E-state index contributed by atoms with van der Waals surface area (Å²) < 4.78 is 0. The molecule has 88 valence electrons. The van der Waals surface area contributed by atoms with Crippen LogP contribution in [0.15, 0.2) is 60.7 Å². The van der Waals surface area contributed by atoms with Gasteiger partial charge in [-0.15, -0.1) is 0 Å². The van der Waals surface area contributed by atoms with Crippen molar-refractivity contribution in [3.63, 3.8) is 0 Å². The van der Waals surface area contributed by atoms with E-state index in [0.29, 0.717) is 5.92 Å². The number of aliphatic hydroxyl groups excluding tert-OH is 1. The molecular weight excluding hydrogens is 208 g/mol. The summed E-state index contributed by atoms with van der Waals surface area (Å²) in [6.07, 6.45) is 1.83. The molecule has 0 aliphatic heterocycles. The van der Waals surface area contributed by atoms with Gasteiger partial charge in [0.2, 0.25) is 0 Å². The molecule has 0 spiro atoms. The van der Waals surface area contributed by atoms with Crippen molar-refractivity contribution in [2.24, 2.45) is 0 Å². The smallest absolute Gasteiger partial charge is 0.0431 e. The van der Waals surface area contributed by atoms with E-state index in [2.05, 4.69) is 48.5 Å². The lowest BCUT2D eigenvalue weighted by Crippen LogP contribution is -2.02. The molecule has 0 aliphatic carbocycles. The maximum atomic E-state index is 9.01. The minimum atomic E-state index is 0.260. The monoisotopic (exact) mass is 226 g/mol. The molecule has 0 radical (unpaired) electrons. The van der Waals surface area contributed by atoms with Gasteiger partial charge in [0.1, 0.15) is 0 Å². The molecule has 1 heteroatoms. The second-order valence-corrected chi connectivity index (χ2v) is 4.24. The van der Waals surface area contributed by atoms with Crippen molar-refractivity contribution in [1.29, 1.82) is 0 Å². The van der Waals surface area contributed by atoms with Crippen molar-refractivity contribution in [2.45, 2.75) is 18.8 Å². The van der Waals surface area contributed by atoms with E-state index >= 15 is 0 Å². The Morgan fingerprint density at radius 3 is 1.65 bits per heavy atom. The first-order valence-corrected chi connectivity index (χ1v) is 6.12. The van der Waals surface area contributed by atoms with E-state index in [4.69, 9.17) is 5.11 Å². The average Bonchev–Trinajstić information content (AvgIpc) is 2.42. The molecule has 0 amide bonds. The molecule has 0 fully saturated rings. The maximum absolute atomic E-state index is 9.01. The Labute approximate surface area is 103 Å². The first kappa shape index (κ1) is 11.9. The SMILES string of the molecule is OCCCC(c1ccccc1)c1ccccc1. The van der Waals surface area contributed by atoms with Crippen LogP contribution in [0, 0.1) is 0 Å². The molecule has 17 heavy (non-hydrogen) atoms. The van der Waals surface area contributed by atoms with Gasteiger partial charge in [0, 0.05) is 12.5 Å². The highest BCUT2D eigenvalue weighted by Gasteiger charge is 2.12. The summed E-state index contributed by atoms with van der Waals surface area (Å²) in [6, 6.07) is 21.0. The molecule has 0 aliphatic rings. The second kappa shape index (κ2) is 6.21. The van der Waals surface area contributed by atoms with Gasteiger partial charge in [0.25, 0.3) is 0 Å². The summed E-state index contributed by atoms with van der Waals surface area (Å²) in [5.74, 6) is 0.393. The van der Waals surface area contributed by atoms with Crippen LogP contribution >= 0.6 is 0 Å². The van der Waals surface area contributed by atoms with Gasteiger partial charge >= 0.3 is 0 Å². The van der Waals surface area contributed by atoms with Crippen molar-refractivity contribution in [3.05, 3.63) is 71.8 Å². The van der Waals surface area contributed by atoms with E-state index in [-0.39, 0.29) is 6.61 Å². The van der Waals surface area contributed by atoms with Gasteiger partial charge in [-0.2, -0.15) is 0 Å². The molecular formula is C16H18O. The number of rotatable bonds is 5. The van der Waals surface area contributed by atoms with Crippen LogP contribution in [-0.2, 0) is 0 Å². The highest BCUT2D eigenvalue weighted by atomic mass is 16.2. The molecule has 2 aromatic carbocycles. The van der Waals surface area contributed by atoms with Crippen molar-refractivity contribution >= 4 is 0 Å². The lowest BCUT2D eigenvalue weighted by molar-refractivity contribution is 0.282. The Kier molecular flexibility index (Phi) is 4.34. The molecule has 0 saturated carbocycles. The molecule has 0 saturated heterocycles. The van der Waals surface area contributed by atoms with Crippen LogP contribution < -0.4 is 0 Å². The van der Waals surface area contributed by atoms with Gasteiger partial charge in [-0.25, -0.2) is 0 Å². The summed E-state index contributed by atoms with van der Waals surface area (Å²) in [5.41, 5.74) is 2.65. The van der Waals surface area contributed by atoms with Crippen LogP contribution in [0.4, 0.5) is 0 Å². The molecule has 0 heterocycles. The average molecular weight is 226 g/mol. The minimum Gasteiger partial charge on any atom is -0.396 e. The van der Waals surface area contributed by atoms with Crippen LogP contribution in [-0.4, -0.2) is 11.7 Å². The van der Waals surface area contributed by atoms with Crippen LogP contribution in [0.3, 0.4) is 0 Å². The Bertz CT molecular complexity index is 382. The molecule has 0 bridgehead atoms. The number of benzene rings is 2. The Morgan fingerprint density at radius 1 is 0.765 bits per heavy atom.